The van der Waals surface area contributed by atoms with Gasteiger partial charge in [-0.25, -0.2) is 0 Å². The quantitative estimate of drug-likeness (QED) is 0.478. The van der Waals surface area contributed by atoms with Crippen molar-refractivity contribution in [2.45, 2.75) is 25.8 Å². The van der Waals surface area contributed by atoms with Gasteiger partial charge in [-0.2, -0.15) is 0 Å². The largest absolute Gasteiger partial charge is 0.495 e. The predicted molar refractivity (Wildman–Crippen MR) is 131 cm³/mol. The number of ether oxygens (including phenoxy) is 1. The molecule has 3 aromatic rings. The van der Waals surface area contributed by atoms with Gasteiger partial charge in [-0.15, -0.1) is 0 Å². The fraction of sp³-hybridized carbons (Fsp3) is 0.296. The van der Waals surface area contributed by atoms with Gasteiger partial charge in [0.1, 0.15) is 5.75 Å². The molecule has 32 heavy (non-hydrogen) atoms. The van der Waals surface area contributed by atoms with Crippen molar-refractivity contribution in [3.63, 3.8) is 0 Å². The van der Waals surface area contributed by atoms with Crippen LogP contribution in [0.1, 0.15) is 34.3 Å². The van der Waals surface area contributed by atoms with Crippen LogP contribution in [0.25, 0.3) is 0 Å². The van der Waals surface area contributed by atoms with Gasteiger partial charge in [-0.3, -0.25) is 9.69 Å². The van der Waals surface area contributed by atoms with E-state index in [-0.39, 0.29) is 5.91 Å². The molecule has 166 valence electrons. The van der Waals surface area contributed by atoms with Crippen LogP contribution in [0.15, 0.2) is 72.8 Å². The van der Waals surface area contributed by atoms with Gasteiger partial charge in [0.15, 0.2) is 0 Å². The average Bonchev–Trinajstić information content (AvgIpc) is 2.82. The van der Waals surface area contributed by atoms with Crippen molar-refractivity contribution in [3.8, 4) is 5.75 Å². The second kappa shape index (κ2) is 10.7. The summed E-state index contributed by atoms with van der Waals surface area (Å²) in [5, 5.41) is 3.35. The molecule has 0 atom stereocenters. The average molecular weight is 449 g/mol. The first-order chi connectivity index (χ1) is 15.6. The molecule has 0 saturated carbocycles. The van der Waals surface area contributed by atoms with Gasteiger partial charge in [0.2, 0.25) is 0 Å². The van der Waals surface area contributed by atoms with E-state index in [2.05, 4.69) is 40.5 Å². The number of anilines is 1. The Bertz CT molecular complexity index is 1030. The topological polar surface area (TPSA) is 41.6 Å². The molecule has 1 fully saturated rings. The van der Waals surface area contributed by atoms with Gasteiger partial charge in [0, 0.05) is 17.8 Å². The van der Waals surface area contributed by atoms with Crippen molar-refractivity contribution in [1.29, 1.82) is 0 Å². The van der Waals surface area contributed by atoms with Crippen molar-refractivity contribution in [1.82, 2.24) is 4.90 Å². The Labute approximate surface area is 195 Å². The zero-order valence-corrected chi connectivity index (χ0v) is 19.1. The molecule has 5 heteroatoms. The molecule has 1 aliphatic heterocycles. The molecule has 0 bridgehead atoms. The fourth-order valence-electron chi connectivity index (χ4n) is 4.26. The maximum Gasteiger partial charge on any atom is 0.255 e. The Morgan fingerprint density at radius 1 is 1.00 bits per heavy atom. The molecule has 1 N–H and O–H groups in total. The van der Waals surface area contributed by atoms with Crippen LogP contribution in [-0.2, 0) is 13.0 Å². The lowest BCUT2D eigenvalue weighted by Crippen LogP contribution is -2.33. The zero-order chi connectivity index (χ0) is 22.3. The van der Waals surface area contributed by atoms with Crippen LogP contribution < -0.4 is 10.1 Å². The molecule has 1 aliphatic rings. The maximum atomic E-state index is 12.6. The third kappa shape index (κ3) is 5.90. The van der Waals surface area contributed by atoms with Crippen LogP contribution >= 0.6 is 11.6 Å². The summed E-state index contributed by atoms with van der Waals surface area (Å²) in [6.07, 6.45) is 3.65. The molecule has 4 rings (SSSR count). The number of piperidine rings is 1. The summed E-state index contributed by atoms with van der Waals surface area (Å²) in [4.78, 5) is 15.1. The number of benzene rings is 3. The minimum absolute atomic E-state index is 0.153. The van der Waals surface area contributed by atoms with E-state index in [1.807, 2.05) is 24.3 Å². The maximum absolute atomic E-state index is 12.6. The van der Waals surface area contributed by atoms with Crippen molar-refractivity contribution in [2.75, 3.05) is 25.5 Å². The SMILES string of the molecule is COc1ccc(NC(=O)c2ccc(CN3CCC(Cc4ccccc4)CC3)cc2)cc1Cl. The predicted octanol–water partition coefficient (Wildman–Crippen LogP) is 6.06. The number of carbonyl (C=O) groups is 1. The molecule has 0 aromatic heterocycles. The molecular weight excluding hydrogens is 420 g/mol. The van der Waals surface area contributed by atoms with Crippen LogP contribution in [0.3, 0.4) is 0 Å². The molecule has 1 amide bonds. The van der Waals surface area contributed by atoms with Crippen LogP contribution in [0.2, 0.25) is 5.02 Å². The number of nitrogens with zero attached hydrogens (tertiary/aromatic N) is 1. The van der Waals surface area contributed by atoms with E-state index in [4.69, 9.17) is 16.3 Å². The van der Waals surface area contributed by atoms with Gasteiger partial charge in [0.05, 0.1) is 12.1 Å². The van der Waals surface area contributed by atoms with Crippen molar-refractivity contribution in [2.24, 2.45) is 5.92 Å². The van der Waals surface area contributed by atoms with Gasteiger partial charge < -0.3 is 10.1 Å². The van der Waals surface area contributed by atoms with Crippen LogP contribution in [-0.4, -0.2) is 31.0 Å². The second-order valence-electron chi connectivity index (χ2n) is 8.41. The molecule has 0 aliphatic carbocycles. The van der Waals surface area contributed by atoms with Crippen LogP contribution in [0, 0.1) is 5.92 Å². The molecule has 0 spiro atoms. The molecule has 0 radical (unpaired) electrons. The van der Waals surface area contributed by atoms with Gasteiger partial charge in [-0.1, -0.05) is 54.1 Å². The Hall–Kier alpha value is -2.82. The highest BCUT2D eigenvalue weighted by Crippen LogP contribution is 2.27. The second-order valence-corrected chi connectivity index (χ2v) is 8.82. The standard InChI is InChI=1S/C27H29ClN2O2/c1-32-26-12-11-24(18-25(26)28)29-27(31)23-9-7-22(8-10-23)19-30-15-13-21(14-16-30)17-20-5-3-2-4-6-20/h2-12,18,21H,13-17,19H2,1H3,(H,29,31). The highest BCUT2D eigenvalue weighted by Gasteiger charge is 2.19. The summed E-state index contributed by atoms with van der Waals surface area (Å²) >= 11 is 6.14. The normalized spacial score (nSPS) is 14.8. The monoisotopic (exact) mass is 448 g/mol. The minimum Gasteiger partial charge on any atom is -0.495 e. The third-order valence-electron chi connectivity index (χ3n) is 6.11. The summed E-state index contributed by atoms with van der Waals surface area (Å²) in [5.74, 6) is 1.20. The van der Waals surface area contributed by atoms with Crippen molar-refractivity contribution < 1.29 is 9.53 Å². The highest BCUT2D eigenvalue weighted by molar-refractivity contribution is 6.32. The number of hydrogen-bond donors (Lipinski definition) is 1. The smallest absolute Gasteiger partial charge is 0.255 e. The molecular formula is C27H29ClN2O2. The first-order valence-corrected chi connectivity index (χ1v) is 11.5. The summed E-state index contributed by atoms with van der Waals surface area (Å²) in [7, 11) is 1.56. The van der Waals surface area contributed by atoms with E-state index in [1.165, 1.54) is 30.4 Å². The number of hydrogen-bond acceptors (Lipinski definition) is 3. The summed E-state index contributed by atoms with van der Waals surface area (Å²) in [5.41, 5.74) is 3.94. The van der Waals surface area contributed by atoms with E-state index in [1.54, 1.807) is 25.3 Å². The Kier molecular flexibility index (Phi) is 7.46. The van der Waals surface area contributed by atoms with E-state index < -0.39 is 0 Å². The van der Waals surface area contributed by atoms with Gasteiger partial charge in [0.25, 0.3) is 5.91 Å². The van der Waals surface area contributed by atoms with Crippen molar-refractivity contribution in [3.05, 3.63) is 94.5 Å². The van der Waals surface area contributed by atoms with Crippen LogP contribution in [0.4, 0.5) is 5.69 Å². The summed E-state index contributed by atoms with van der Waals surface area (Å²) in [6.45, 7) is 3.17. The molecule has 3 aromatic carbocycles. The van der Waals surface area contributed by atoms with Gasteiger partial charge in [-0.05, 0) is 79.7 Å². The number of methoxy groups -OCH3 is 1. The van der Waals surface area contributed by atoms with E-state index in [0.717, 1.165) is 25.6 Å². The summed E-state index contributed by atoms with van der Waals surface area (Å²) < 4.78 is 5.15. The van der Waals surface area contributed by atoms with E-state index >= 15 is 0 Å². The molecule has 1 saturated heterocycles. The lowest BCUT2D eigenvalue weighted by atomic mass is 9.90. The Morgan fingerprint density at radius 3 is 2.38 bits per heavy atom. The number of rotatable bonds is 7. The number of likely N-dealkylation sites (tertiary alicyclic amines) is 1. The number of halogens is 1. The lowest BCUT2D eigenvalue weighted by molar-refractivity contribution is 0.102. The molecule has 4 nitrogen and oxygen atoms in total. The van der Waals surface area contributed by atoms with Crippen LogP contribution in [0.5, 0.6) is 5.75 Å². The number of nitrogens with one attached hydrogen (secondary N) is 1. The Balaban J connectivity index is 1.26. The molecule has 0 unspecified atom stereocenters. The van der Waals surface area contributed by atoms with Gasteiger partial charge >= 0.3 is 0 Å². The first kappa shape index (κ1) is 22.4. The lowest BCUT2D eigenvalue weighted by Gasteiger charge is -2.32. The zero-order valence-electron chi connectivity index (χ0n) is 18.4. The third-order valence-corrected chi connectivity index (χ3v) is 6.40. The minimum atomic E-state index is -0.153. The summed E-state index contributed by atoms with van der Waals surface area (Å²) in [6, 6.07) is 23.9. The van der Waals surface area contributed by atoms with Crippen molar-refractivity contribution >= 4 is 23.2 Å². The number of amides is 1. The van der Waals surface area contributed by atoms with E-state index in [9.17, 15) is 4.79 Å². The fourth-order valence-corrected chi connectivity index (χ4v) is 4.52. The Morgan fingerprint density at radius 2 is 1.72 bits per heavy atom. The highest BCUT2D eigenvalue weighted by atomic mass is 35.5. The van der Waals surface area contributed by atoms with E-state index in [0.29, 0.717) is 22.0 Å². The number of carbonyl (C=O) groups excluding carboxylic acids is 1. The molecule has 1 heterocycles. The first-order valence-electron chi connectivity index (χ1n) is 11.1.